The molecule has 36 heavy (non-hydrogen) atoms. The highest BCUT2D eigenvalue weighted by Gasteiger charge is 2.45. The minimum absolute atomic E-state index is 0.0165. The summed E-state index contributed by atoms with van der Waals surface area (Å²) in [6.45, 7) is -0.740. The van der Waals surface area contributed by atoms with E-state index in [0.717, 1.165) is 11.8 Å². The highest BCUT2D eigenvalue weighted by atomic mass is 32.2. The van der Waals surface area contributed by atoms with Gasteiger partial charge in [0, 0.05) is 30.4 Å². The molecule has 3 aromatic carbocycles. The number of fused-ring (bicyclic) bond motifs is 1. The second kappa shape index (κ2) is 9.74. The summed E-state index contributed by atoms with van der Waals surface area (Å²) in [5.74, 6) is -0.385. The lowest BCUT2D eigenvalue weighted by molar-refractivity contribution is -0.274. The molecule has 0 fully saturated rings. The number of rotatable bonds is 8. The largest absolute Gasteiger partial charge is 0.573 e. The molecule has 0 saturated carbocycles. The lowest BCUT2D eigenvalue weighted by atomic mass is 9.71. The Labute approximate surface area is 206 Å². The first-order chi connectivity index (χ1) is 16.9. The molecular formula is C26H25F4NO4S. The molecule has 0 aromatic heterocycles. The molecule has 0 bridgehead atoms. The third-order valence-corrected chi connectivity index (χ3v) is 7.39. The van der Waals surface area contributed by atoms with Crippen molar-refractivity contribution in [3.8, 4) is 5.75 Å². The lowest BCUT2D eigenvalue weighted by Crippen LogP contribution is -2.40. The minimum Gasteiger partial charge on any atom is -0.406 e. The smallest absolute Gasteiger partial charge is 0.406 e. The summed E-state index contributed by atoms with van der Waals surface area (Å²) in [5.41, 5.74) is 1.71. The van der Waals surface area contributed by atoms with Crippen LogP contribution in [0.1, 0.15) is 16.7 Å². The van der Waals surface area contributed by atoms with Gasteiger partial charge in [-0.3, -0.25) is 0 Å². The van der Waals surface area contributed by atoms with E-state index in [-0.39, 0.29) is 30.2 Å². The van der Waals surface area contributed by atoms with Gasteiger partial charge in [-0.05, 0) is 53.4 Å². The van der Waals surface area contributed by atoms with Gasteiger partial charge in [0.15, 0.2) is 9.84 Å². The fraction of sp³-hybridized carbons (Fsp3) is 0.308. The van der Waals surface area contributed by atoms with Crippen LogP contribution >= 0.6 is 0 Å². The average molecular weight is 524 g/mol. The van der Waals surface area contributed by atoms with Crippen molar-refractivity contribution in [1.29, 1.82) is 0 Å². The molecule has 1 aliphatic rings. The van der Waals surface area contributed by atoms with Gasteiger partial charge in [-0.1, -0.05) is 42.5 Å². The SMILES string of the molecule is CS(=O)(=O)c1cccc(CC2(c3cccc(OC(F)(F)F)c3)CN(C[C@@H](O)CF)c3ccccc32)c1. The second-order valence-electron chi connectivity index (χ2n) is 8.96. The molecule has 0 aliphatic carbocycles. The minimum atomic E-state index is -4.87. The Balaban J connectivity index is 1.88. The summed E-state index contributed by atoms with van der Waals surface area (Å²) in [6, 6.07) is 19.3. The second-order valence-corrected chi connectivity index (χ2v) is 11.0. The van der Waals surface area contributed by atoms with E-state index in [2.05, 4.69) is 4.74 Å². The Hall–Kier alpha value is -3.11. The number of anilines is 1. The summed E-state index contributed by atoms with van der Waals surface area (Å²) in [6.07, 6.45) is -4.78. The molecule has 0 radical (unpaired) electrons. The van der Waals surface area contributed by atoms with Crippen molar-refractivity contribution in [2.24, 2.45) is 0 Å². The number of nitrogens with zero attached hydrogens (tertiary/aromatic N) is 1. The number of alkyl halides is 4. The molecular weight excluding hydrogens is 498 g/mol. The third-order valence-electron chi connectivity index (χ3n) is 6.28. The molecule has 192 valence electrons. The maximum Gasteiger partial charge on any atom is 0.573 e. The molecule has 5 nitrogen and oxygen atoms in total. The summed E-state index contributed by atoms with van der Waals surface area (Å²) in [7, 11) is -3.49. The number of hydrogen-bond donors (Lipinski definition) is 1. The summed E-state index contributed by atoms with van der Waals surface area (Å²) < 4.78 is 80.6. The van der Waals surface area contributed by atoms with E-state index in [0.29, 0.717) is 16.8 Å². The van der Waals surface area contributed by atoms with Gasteiger partial charge in [-0.2, -0.15) is 0 Å². The molecule has 1 N–H and O–H groups in total. The van der Waals surface area contributed by atoms with Crippen LogP contribution in [0.25, 0.3) is 0 Å². The molecule has 0 saturated heterocycles. The Morgan fingerprint density at radius 3 is 2.47 bits per heavy atom. The zero-order valence-corrected chi connectivity index (χ0v) is 20.2. The van der Waals surface area contributed by atoms with E-state index in [1.54, 1.807) is 41.3 Å². The van der Waals surface area contributed by atoms with Gasteiger partial charge < -0.3 is 14.7 Å². The van der Waals surface area contributed by atoms with Crippen molar-refractivity contribution in [3.63, 3.8) is 0 Å². The van der Waals surface area contributed by atoms with Crippen LogP contribution in [0, 0.1) is 0 Å². The van der Waals surface area contributed by atoms with Gasteiger partial charge in [-0.25, -0.2) is 12.8 Å². The maximum absolute atomic E-state index is 13.2. The molecule has 4 rings (SSSR count). The van der Waals surface area contributed by atoms with Gasteiger partial charge in [0.25, 0.3) is 0 Å². The molecule has 0 spiro atoms. The topological polar surface area (TPSA) is 66.8 Å². The Kier molecular flexibility index (Phi) is 7.03. The van der Waals surface area contributed by atoms with Crippen LogP contribution in [-0.4, -0.2) is 52.0 Å². The maximum atomic E-state index is 13.2. The first-order valence-corrected chi connectivity index (χ1v) is 13.0. The van der Waals surface area contributed by atoms with Crippen LogP contribution in [0.2, 0.25) is 0 Å². The van der Waals surface area contributed by atoms with E-state index in [9.17, 15) is 31.1 Å². The first kappa shape index (κ1) is 26.0. The molecule has 0 amide bonds. The van der Waals surface area contributed by atoms with E-state index < -0.39 is 34.4 Å². The summed E-state index contributed by atoms with van der Waals surface area (Å²) in [5, 5.41) is 10.0. The predicted octanol–water partition coefficient (Wildman–Crippen LogP) is 4.67. The van der Waals surface area contributed by atoms with Crippen molar-refractivity contribution >= 4 is 15.5 Å². The van der Waals surface area contributed by atoms with Crippen molar-refractivity contribution in [2.75, 3.05) is 30.9 Å². The predicted molar refractivity (Wildman–Crippen MR) is 128 cm³/mol. The summed E-state index contributed by atoms with van der Waals surface area (Å²) >= 11 is 0. The molecule has 3 aromatic rings. The quantitative estimate of drug-likeness (QED) is 0.435. The number of hydrogen-bond acceptors (Lipinski definition) is 5. The van der Waals surface area contributed by atoms with Crippen LogP contribution in [0.3, 0.4) is 0 Å². The first-order valence-electron chi connectivity index (χ1n) is 11.1. The lowest BCUT2D eigenvalue weighted by Gasteiger charge is -2.33. The number of benzene rings is 3. The van der Waals surface area contributed by atoms with Crippen LogP contribution in [0.4, 0.5) is 23.2 Å². The van der Waals surface area contributed by atoms with Crippen LogP contribution in [0.15, 0.2) is 77.7 Å². The van der Waals surface area contributed by atoms with Gasteiger partial charge in [-0.15, -0.1) is 13.2 Å². The van der Waals surface area contributed by atoms with E-state index >= 15 is 0 Å². The number of aliphatic hydroxyl groups is 1. The van der Waals surface area contributed by atoms with Gasteiger partial charge in [0.1, 0.15) is 12.4 Å². The Morgan fingerprint density at radius 2 is 1.78 bits per heavy atom. The molecule has 10 heteroatoms. The number of ether oxygens (including phenoxy) is 1. The number of para-hydroxylation sites is 1. The zero-order valence-electron chi connectivity index (χ0n) is 19.4. The molecule has 2 atom stereocenters. The molecule has 1 aliphatic heterocycles. The summed E-state index contributed by atoms with van der Waals surface area (Å²) in [4.78, 5) is 1.93. The van der Waals surface area contributed by atoms with Crippen molar-refractivity contribution in [2.45, 2.75) is 29.2 Å². The Bertz CT molecular complexity index is 1350. The van der Waals surface area contributed by atoms with Crippen molar-refractivity contribution in [1.82, 2.24) is 0 Å². The molecule has 1 heterocycles. The van der Waals surface area contributed by atoms with Crippen LogP contribution in [0.5, 0.6) is 5.75 Å². The van der Waals surface area contributed by atoms with Crippen molar-refractivity contribution < 1.29 is 35.8 Å². The van der Waals surface area contributed by atoms with Gasteiger partial charge >= 0.3 is 6.36 Å². The average Bonchev–Trinajstić information content (AvgIpc) is 3.12. The fourth-order valence-corrected chi connectivity index (χ4v) is 5.53. The van der Waals surface area contributed by atoms with Crippen molar-refractivity contribution in [3.05, 3.63) is 89.5 Å². The number of halogens is 4. The monoisotopic (exact) mass is 523 g/mol. The van der Waals surface area contributed by atoms with E-state index in [1.807, 2.05) is 12.1 Å². The van der Waals surface area contributed by atoms with E-state index in [4.69, 9.17) is 0 Å². The Morgan fingerprint density at radius 1 is 1.06 bits per heavy atom. The normalized spacial score (nSPS) is 18.7. The zero-order chi connectivity index (χ0) is 26.1. The van der Waals surface area contributed by atoms with Crippen LogP contribution in [-0.2, 0) is 21.7 Å². The van der Waals surface area contributed by atoms with E-state index in [1.165, 1.54) is 24.3 Å². The highest BCUT2D eigenvalue weighted by molar-refractivity contribution is 7.90. The number of β-amino-alcohol motifs (C(OH)–C–C–N with tert-alkyl or cyclic N) is 1. The third kappa shape index (κ3) is 5.49. The highest BCUT2D eigenvalue weighted by Crippen LogP contribution is 2.48. The molecule has 1 unspecified atom stereocenters. The number of aliphatic hydroxyl groups excluding tert-OH is 1. The number of sulfone groups is 1. The van der Waals surface area contributed by atoms with Gasteiger partial charge in [0.2, 0.25) is 0 Å². The standard InChI is InChI=1S/C26H25F4NO4S/c1-36(33,34)22-9-4-6-18(12-22)14-25(19-7-5-8-21(13-19)35-26(28,29)30)17-31(16-20(32)15-27)24-11-3-2-10-23(24)25/h2-13,20,32H,14-17H2,1H3/t20-,25?/m0/s1. The van der Waals surface area contributed by atoms with Crippen LogP contribution < -0.4 is 9.64 Å². The van der Waals surface area contributed by atoms with Gasteiger partial charge in [0.05, 0.1) is 11.0 Å². The fourth-order valence-electron chi connectivity index (χ4n) is 4.84.